The molecular formula is C18H36. The normalized spacial score (nSPS) is 11.1. The van der Waals surface area contributed by atoms with Gasteiger partial charge in [-0.3, -0.25) is 0 Å². The molecule has 0 aliphatic heterocycles. The van der Waals surface area contributed by atoms with Gasteiger partial charge in [-0.1, -0.05) is 90.6 Å². The van der Waals surface area contributed by atoms with Crippen LogP contribution in [0.1, 0.15) is 97.3 Å². The number of unbranched alkanes of at least 4 members (excludes halogenated alkanes) is 7. The summed E-state index contributed by atoms with van der Waals surface area (Å²) >= 11 is 0. The zero-order valence-corrected chi connectivity index (χ0v) is 13.1. The lowest BCUT2D eigenvalue weighted by atomic mass is 9.90. The zero-order valence-electron chi connectivity index (χ0n) is 13.1. The number of hydrogen-bond donors (Lipinski definition) is 0. The summed E-state index contributed by atoms with van der Waals surface area (Å²) in [6.45, 7) is 8.41. The Kier molecular flexibility index (Phi) is 14.6. The van der Waals surface area contributed by atoms with Crippen LogP contribution in [0.3, 0.4) is 0 Å². The van der Waals surface area contributed by atoms with Gasteiger partial charge in [-0.15, -0.1) is 6.58 Å². The molecule has 0 fully saturated rings. The van der Waals surface area contributed by atoms with Gasteiger partial charge in [0.25, 0.3) is 0 Å². The third-order valence-electron chi connectivity index (χ3n) is 3.95. The van der Waals surface area contributed by atoms with Crippen molar-refractivity contribution < 1.29 is 0 Å². The van der Waals surface area contributed by atoms with Crippen molar-refractivity contribution in [2.75, 3.05) is 0 Å². The van der Waals surface area contributed by atoms with Gasteiger partial charge in [-0.25, -0.2) is 0 Å². The van der Waals surface area contributed by atoms with Crippen LogP contribution in [0.15, 0.2) is 12.7 Å². The van der Waals surface area contributed by atoms with Gasteiger partial charge in [0.05, 0.1) is 0 Å². The van der Waals surface area contributed by atoms with Crippen LogP contribution in [0, 0.1) is 5.92 Å². The van der Waals surface area contributed by atoms with Crippen LogP contribution in [-0.4, -0.2) is 0 Å². The van der Waals surface area contributed by atoms with Crippen molar-refractivity contribution in [1.29, 1.82) is 0 Å². The maximum absolute atomic E-state index is 3.77. The highest BCUT2D eigenvalue weighted by Crippen LogP contribution is 2.22. The van der Waals surface area contributed by atoms with Gasteiger partial charge in [0.2, 0.25) is 0 Å². The summed E-state index contributed by atoms with van der Waals surface area (Å²) in [6, 6.07) is 0. The summed E-state index contributed by atoms with van der Waals surface area (Å²) in [7, 11) is 0. The highest BCUT2D eigenvalue weighted by Gasteiger charge is 2.07. The molecule has 0 aliphatic rings. The summed E-state index contributed by atoms with van der Waals surface area (Å²) < 4.78 is 0. The molecule has 0 bridgehead atoms. The Balaban J connectivity index is 3.45. The van der Waals surface area contributed by atoms with Crippen molar-refractivity contribution in [2.24, 2.45) is 5.92 Å². The molecule has 0 rings (SSSR count). The van der Waals surface area contributed by atoms with Crippen LogP contribution in [0.5, 0.6) is 0 Å². The first-order chi connectivity index (χ1) is 8.85. The minimum atomic E-state index is 1.03. The molecule has 0 heteroatoms. The molecule has 0 nitrogen and oxygen atoms in total. The summed E-state index contributed by atoms with van der Waals surface area (Å²) in [6.07, 6.45) is 20.4. The number of hydrogen-bond acceptors (Lipinski definition) is 0. The molecule has 108 valence electrons. The minimum Gasteiger partial charge on any atom is -0.103 e. The molecule has 0 aromatic rings. The van der Waals surface area contributed by atoms with E-state index in [9.17, 15) is 0 Å². The van der Waals surface area contributed by atoms with E-state index in [1.54, 1.807) is 0 Å². The van der Waals surface area contributed by atoms with E-state index in [0.29, 0.717) is 0 Å². The highest BCUT2D eigenvalue weighted by molar-refractivity contribution is 4.65. The number of allylic oxidation sites excluding steroid dienone is 1. The van der Waals surface area contributed by atoms with Crippen LogP contribution >= 0.6 is 0 Å². The zero-order chi connectivity index (χ0) is 13.5. The van der Waals surface area contributed by atoms with E-state index >= 15 is 0 Å². The smallest absolute Gasteiger partial charge is 0.0353 e. The average Bonchev–Trinajstić information content (AvgIpc) is 2.40. The predicted molar refractivity (Wildman–Crippen MR) is 85.1 cm³/mol. The molecule has 18 heavy (non-hydrogen) atoms. The van der Waals surface area contributed by atoms with E-state index in [2.05, 4.69) is 20.4 Å². The van der Waals surface area contributed by atoms with E-state index in [1.165, 1.54) is 83.5 Å². The second-order valence-corrected chi connectivity index (χ2v) is 5.78. The fraction of sp³-hybridized carbons (Fsp3) is 0.889. The van der Waals surface area contributed by atoms with E-state index < -0.39 is 0 Å². The average molecular weight is 252 g/mol. The SMILES string of the molecule is C=CCCCCCCCC(CCCC)CCCC. The minimum absolute atomic E-state index is 1.03. The van der Waals surface area contributed by atoms with Crippen molar-refractivity contribution >= 4 is 0 Å². The largest absolute Gasteiger partial charge is 0.103 e. The van der Waals surface area contributed by atoms with Crippen molar-refractivity contribution in [1.82, 2.24) is 0 Å². The standard InChI is InChI=1S/C18H36/c1-4-7-10-11-12-13-14-17-18(15-8-5-2)16-9-6-3/h4,18H,1,5-17H2,2-3H3. The fourth-order valence-electron chi connectivity index (χ4n) is 2.67. The summed E-state index contributed by atoms with van der Waals surface area (Å²) in [4.78, 5) is 0. The lowest BCUT2D eigenvalue weighted by Gasteiger charge is -2.16. The summed E-state index contributed by atoms with van der Waals surface area (Å²) in [5.41, 5.74) is 0. The molecule has 0 radical (unpaired) electrons. The van der Waals surface area contributed by atoms with Crippen molar-refractivity contribution in [3.05, 3.63) is 12.7 Å². The monoisotopic (exact) mass is 252 g/mol. The Morgan fingerprint density at radius 2 is 1.22 bits per heavy atom. The lowest BCUT2D eigenvalue weighted by Crippen LogP contribution is -2.00. The van der Waals surface area contributed by atoms with Crippen LogP contribution in [0.25, 0.3) is 0 Å². The van der Waals surface area contributed by atoms with Crippen LogP contribution < -0.4 is 0 Å². The molecule has 0 aromatic carbocycles. The van der Waals surface area contributed by atoms with Gasteiger partial charge in [-0.2, -0.15) is 0 Å². The summed E-state index contributed by atoms with van der Waals surface area (Å²) in [5.74, 6) is 1.03. The Morgan fingerprint density at radius 3 is 1.78 bits per heavy atom. The van der Waals surface area contributed by atoms with E-state index in [0.717, 1.165) is 5.92 Å². The molecule has 0 amide bonds. The van der Waals surface area contributed by atoms with Crippen LogP contribution in [0.4, 0.5) is 0 Å². The van der Waals surface area contributed by atoms with Crippen molar-refractivity contribution in [3.8, 4) is 0 Å². The quantitative estimate of drug-likeness (QED) is 0.233. The molecule has 0 aromatic heterocycles. The Bertz CT molecular complexity index is 151. The first kappa shape index (κ1) is 17.7. The molecule has 0 atom stereocenters. The van der Waals surface area contributed by atoms with E-state index in [-0.39, 0.29) is 0 Å². The van der Waals surface area contributed by atoms with Gasteiger partial charge < -0.3 is 0 Å². The van der Waals surface area contributed by atoms with Crippen LogP contribution in [0.2, 0.25) is 0 Å². The van der Waals surface area contributed by atoms with Gasteiger partial charge in [0.1, 0.15) is 0 Å². The van der Waals surface area contributed by atoms with Gasteiger partial charge >= 0.3 is 0 Å². The Morgan fingerprint density at radius 1 is 0.722 bits per heavy atom. The molecule has 0 aliphatic carbocycles. The Hall–Kier alpha value is -0.260. The number of rotatable bonds is 14. The summed E-state index contributed by atoms with van der Waals surface area (Å²) in [5, 5.41) is 0. The molecule has 0 spiro atoms. The molecule has 0 heterocycles. The molecule has 0 unspecified atom stereocenters. The van der Waals surface area contributed by atoms with Crippen molar-refractivity contribution in [2.45, 2.75) is 97.3 Å². The topological polar surface area (TPSA) is 0 Å². The second-order valence-electron chi connectivity index (χ2n) is 5.78. The van der Waals surface area contributed by atoms with E-state index in [1.807, 2.05) is 6.08 Å². The molecule has 0 saturated heterocycles. The third-order valence-corrected chi connectivity index (χ3v) is 3.95. The first-order valence-electron chi connectivity index (χ1n) is 8.46. The predicted octanol–water partition coefficient (Wildman–Crippen LogP) is 6.90. The third kappa shape index (κ3) is 12.2. The molecule has 0 N–H and O–H groups in total. The van der Waals surface area contributed by atoms with Gasteiger partial charge in [-0.05, 0) is 18.8 Å². The maximum Gasteiger partial charge on any atom is -0.0353 e. The van der Waals surface area contributed by atoms with E-state index in [4.69, 9.17) is 0 Å². The second kappa shape index (κ2) is 14.8. The highest BCUT2D eigenvalue weighted by atomic mass is 14.1. The maximum atomic E-state index is 3.77. The lowest BCUT2D eigenvalue weighted by molar-refractivity contribution is 0.376. The molecular weight excluding hydrogens is 216 g/mol. The van der Waals surface area contributed by atoms with Gasteiger partial charge in [0, 0.05) is 0 Å². The first-order valence-corrected chi connectivity index (χ1v) is 8.46. The molecule has 0 saturated carbocycles. The fourth-order valence-corrected chi connectivity index (χ4v) is 2.67. The van der Waals surface area contributed by atoms with Crippen LogP contribution in [-0.2, 0) is 0 Å². The Labute approximate surface area is 116 Å². The van der Waals surface area contributed by atoms with Gasteiger partial charge in [0.15, 0.2) is 0 Å². The van der Waals surface area contributed by atoms with Crippen molar-refractivity contribution in [3.63, 3.8) is 0 Å².